The summed E-state index contributed by atoms with van der Waals surface area (Å²) in [6, 6.07) is 1.74. The Hall–Kier alpha value is -1.40. The molecule has 2 atom stereocenters. The van der Waals surface area contributed by atoms with Gasteiger partial charge in [0.1, 0.15) is 17.4 Å². The lowest BCUT2D eigenvalue weighted by Gasteiger charge is -2.25. The number of hydrogen-bond acceptors (Lipinski definition) is 4. The molecule has 6 heteroatoms. The van der Waals surface area contributed by atoms with Gasteiger partial charge in [-0.05, 0) is 25.3 Å². The smallest absolute Gasteiger partial charge is 0.274 e. The first-order valence-corrected chi connectivity index (χ1v) is 7.29. The molecule has 2 aliphatic heterocycles. The van der Waals surface area contributed by atoms with Crippen LogP contribution in [0.2, 0.25) is 0 Å². The third-order valence-corrected chi connectivity index (χ3v) is 4.19. The summed E-state index contributed by atoms with van der Waals surface area (Å²) >= 11 is 0. The van der Waals surface area contributed by atoms with Gasteiger partial charge < -0.3 is 14.7 Å². The Balaban J connectivity index is 1.71. The highest BCUT2D eigenvalue weighted by atomic mass is 16.5. The van der Waals surface area contributed by atoms with Crippen molar-refractivity contribution < 1.29 is 14.6 Å². The van der Waals surface area contributed by atoms with E-state index in [1.54, 1.807) is 15.6 Å². The summed E-state index contributed by atoms with van der Waals surface area (Å²) in [5.41, 5.74) is -0.0949. The van der Waals surface area contributed by atoms with Crippen molar-refractivity contribution in [1.82, 2.24) is 14.7 Å². The van der Waals surface area contributed by atoms with Crippen LogP contribution < -0.4 is 0 Å². The largest absolute Gasteiger partial charge is 0.388 e. The number of aromatic nitrogens is 2. The Morgan fingerprint density at radius 2 is 2.50 bits per heavy atom. The molecule has 0 saturated carbocycles. The molecule has 1 N–H and O–H groups in total. The molecule has 1 aromatic rings. The lowest BCUT2D eigenvalue weighted by atomic mass is 9.97. The number of amides is 1. The van der Waals surface area contributed by atoms with E-state index >= 15 is 0 Å². The van der Waals surface area contributed by atoms with Crippen molar-refractivity contribution in [2.45, 2.75) is 44.4 Å². The van der Waals surface area contributed by atoms with Gasteiger partial charge in [-0.25, -0.2) is 0 Å². The summed E-state index contributed by atoms with van der Waals surface area (Å²) in [7, 11) is 0. The number of carbonyl (C=O) groups excluding carboxylic acids is 1. The quantitative estimate of drug-likeness (QED) is 0.882. The fourth-order valence-corrected chi connectivity index (χ4v) is 3.12. The van der Waals surface area contributed by atoms with E-state index in [9.17, 15) is 9.90 Å². The van der Waals surface area contributed by atoms with E-state index in [1.807, 2.05) is 6.20 Å². The summed E-state index contributed by atoms with van der Waals surface area (Å²) in [5, 5.41) is 14.5. The van der Waals surface area contributed by atoms with Crippen molar-refractivity contribution in [1.29, 1.82) is 0 Å². The number of aryl methyl sites for hydroxylation is 1. The van der Waals surface area contributed by atoms with Crippen LogP contribution in [0, 0.1) is 0 Å². The number of aliphatic hydroxyl groups is 1. The van der Waals surface area contributed by atoms with Crippen LogP contribution >= 0.6 is 0 Å². The molecule has 1 aromatic heterocycles. The molecule has 0 unspecified atom stereocenters. The normalized spacial score (nSPS) is 29.5. The van der Waals surface area contributed by atoms with Crippen LogP contribution in [-0.2, 0) is 11.3 Å². The van der Waals surface area contributed by atoms with Gasteiger partial charge >= 0.3 is 0 Å². The summed E-state index contributed by atoms with van der Waals surface area (Å²) in [4.78, 5) is 14.1. The number of aliphatic hydroxyl groups excluding tert-OH is 1. The van der Waals surface area contributed by atoms with Crippen LogP contribution in [0.4, 0.5) is 0 Å². The number of nitrogens with zero attached hydrogens (tertiary/aromatic N) is 3. The van der Waals surface area contributed by atoms with Crippen molar-refractivity contribution in [2.24, 2.45) is 0 Å². The lowest BCUT2D eigenvalue weighted by Crippen LogP contribution is -2.41. The average Bonchev–Trinajstić information content (AvgIpc) is 3.13. The fraction of sp³-hybridized carbons (Fsp3) is 0.714. The van der Waals surface area contributed by atoms with Crippen molar-refractivity contribution in [3.8, 4) is 0 Å². The van der Waals surface area contributed by atoms with Crippen molar-refractivity contribution in [2.75, 3.05) is 19.7 Å². The van der Waals surface area contributed by atoms with E-state index in [0.29, 0.717) is 25.4 Å². The Morgan fingerprint density at radius 1 is 1.65 bits per heavy atom. The minimum atomic E-state index is -0.591. The van der Waals surface area contributed by atoms with E-state index in [1.165, 1.54) is 0 Å². The van der Waals surface area contributed by atoms with Gasteiger partial charge in [-0.1, -0.05) is 6.92 Å². The number of likely N-dealkylation sites (tertiary alicyclic amines) is 1. The van der Waals surface area contributed by atoms with Gasteiger partial charge in [0.25, 0.3) is 5.91 Å². The van der Waals surface area contributed by atoms with Crippen molar-refractivity contribution >= 4 is 5.91 Å². The van der Waals surface area contributed by atoms with Gasteiger partial charge in [0.2, 0.25) is 0 Å². The molecule has 0 radical (unpaired) electrons. The van der Waals surface area contributed by atoms with E-state index in [-0.39, 0.29) is 5.91 Å². The first-order valence-electron chi connectivity index (χ1n) is 7.29. The Kier molecular flexibility index (Phi) is 3.52. The molecular formula is C14H21N3O3. The zero-order valence-electron chi connectivity index (χ0n) is 11.8. The van der Waals surface area contributed by atoms with Crippen LogP contribution in [0.3, 0.4) is 0 Å². The van der Waals surface area contributed by atoms with Gasteiger partial charge in [-0.2, -0.15) is 5.10 Å². The fourth-order valence-electron chi connectivity index (χ4n) is 3.12. The number of rotatable bonds is 3. The predicted molar refractivity (Wildman–Crippen MR) is 72.3 cm³/mol. The number of ether oxygens (including phenoxy) is 1. The molecule has 6 nitrogen and oxygen atoms in total. The van der Waals surface area contributed by atoms with Crippen molar-refractivity contribution in [3.05, 3.63) is 18.0 Å². The standard InChI is InChI=1S/C14H21N3O3/c1-2-6-17-7-4-11(15-17)13(19)16-9-12(18)14(10-16)5-3-8-20-14/h4,7,12,18H,2-3,5-6,8-10H2,1H3/t12-,14-/m0/s1. The summed E-state index contributed by atoms with van der Waals surface area (Å²) in [5.74, 6) is -0.119. The second-order valence-electron chi connectivity index (χ2n) is 5.68. The van der Waals surface area contributed by atoms with E-state index in [0.717, 1.165) is 25.8 Å². The van der Waals surface area contributed by atoms with Gasteiger partial charge in [0, 0.05) is 25.9 Å². The molecule has 2 aliphatic rings. The second kappa shape index (κ2) is 5.18. The molecule has 20 heavy (non-hydrogen) atoms. The minimum absolute atomic E-state index is 0.119. The number of carbonyl (C=O) groups is 1. The number of hydrogen-bond donors (Lipinski definition) is 1. The predicted octanol–water partition coefficient (Wildman–Crippen LogP) is 0.659. The molecule has 3 heterocycles. The first-order chi connectivity index (χ1) is 9.64. The van der Waals surface area contributed by atoms with Gasteiger partial charge in [0.05, 0.1) is 6.54 Å². The monoisotopic (exact) mass is 279 g/mol. The van der Waals surface area contributed by atoms with Crippen molar-refractivity contribution in [3.63, 3.8) is 0 Å². The number of β-amino-alcohol motifs (C(OH)–C–C–N with tert-alkyl or cyclic N) is 1. The molecule has 0 aromatic carbocycles. The molecule has 3 rings (SSSR count). The Labute approximate surface area is 118 Å². The van der Waals surface area contributed by atoms with Crippen LogP contribution in [-0.4, -0.2) is 57.1 Å². The highest BCUT2D eigenvalue weighted by Gasteiger charge is 2.50. The second-order valence-corrected chi connectivity index (χ2v) is 5.68. The highest BCUT2D eigenvalue weighted by Crippen LogP contribution is 2.35. The maximum atomic E-state index is 12.4. The van der Waals surface area contributed by atoms with E-state index in [4.69, 9.17) is 4.74 Å². The maximum Gasteiger partial charge on any atom is 0.274 e. The maximum absolute atomic E-state index is 12.4. The summed E-state index contributed by atoms with van der Waals surface area (Å²) in [6.45, 7) is 4.35. The zero-order chi connectivity index (χ0) is 14.2. The SMILES string of the molecule is CCCn1ccc(C(=O)N2C[C@H](O)[C@]3(CCCO3)C2)n1. The molecule has 0 aliphatic carbocycles. The van der Waals surface area contributed by atoms with Crippen LogP contribution in [0.25, 0.3) is 0 Å². The molecule has 1 amide bonds. The minimum Gasteiger partial charge on any atom is -0.388 e. The highest BCUT2D eigenvalue weighted by molar-refractivity contribution is 5.92. The van der Waals surface area contributed by atoms with Gasteiger partial charge in [-0.15, -0.1) is 0 Å². The molecule has 0 bridgehead atoms. The van der Waals surface area contributed by atoms with Crippen LogP contribution in [0.15, 0.2) is 12.3 Å². The van der Waals surface area contributed by atoms with E-state index in [2.05, 4.69) is 12.0 Å². The third-order valence-electron chi connectivity index (χ3n) is 4.19. The lowest BCUT2D eigenvalue weighted by molar-refractivity contribution is -0.0590. The van der Waals surface area contributed by atoms with Gasteiger partial charge in [0.15, 0.2) is 0 Å². The summed E-state index contributed by atoms with van der Waals surface area (Å²) < 4.78 is 7.48. The Morgan fingerprint density at radius 3 is 3.20 bits per heavy atom. The summed E-state index contributed by atoms with van der Waals surface area (Å²) in [6.07, 6.45) is 3.98. The molecule has 1 spiro atoms. The van der Waals surface area contributed by atoms with E-state index < -0.39 is 11.7 Å². The van der Waals surface area contributed by atoms with Gasteiger partial charge in [-0.3, -0.25) is 9.48 Å². The molecular weight excluding hydrogens is 258 g/mol. The third kappa shape index (κ3) is 2.23. The zero-order valence-corrected chi connectivity index (χ0v) is 11.8. The topological polar surface area (TPSA) is 67.6 Å². The first kappa shape index (κ1) is 13.6. The Bertz CT molecular complexity index is 494. The molecule has 2 fully saturated rings. The van der Waals surface area contributed by atoms with Crippen LogP contribution in [0.1, 0.15) is 36.7 Å². The molecule has 110 valence electrons. The molecule has 2 saturated heterocycles. The average molecular weight is 279 g/mol. The van der Waals surface area contributed by atoms with Crippen LogP contribution in [0.5, 0.6) is 0 Å².